The summed E-state index contributed by atoms with van der Waals surface area (Å²) in [6, 6.07) is 15.2. The van der Waals surface area contributed by atoms with Gasteiger partial charge >= 0.3 is 5.97 Å². The molecule has 4 nitrogen and oxygen atoms in total. The van der Waals surface area contributed by atoms with E-state index < -0.39 is 5.97 Å². The van der Waals surface area contributed by atoms with Crippen LogP contribution in [0.2, 0.25) is 0 Å². The van der Waals surface area contributed by atoms with Gasteiger partial charge in [0, 0.05) is 24.3 Å². The van der Waals surface area contributed by atoms with Gasteiger partial charge in [0.1, 0.15) is 0 Å². The van der Waals surface area contributed by atoms with Crippen LogP contribution in [0.4, 0.5) is 0 Å². The van der Waals surface area contributed by atoms with Crippen LogP contribution in [0.5, 0.6) is 0 Å². The Labute approximate surface area is 165 Å². The third-order valence-corrected chi connectivity index (χ3v) is 5.71. The lowest BCUT2D eigenvalue weighted by Crippen LogP contribution is -2.41. The van der Waals surface area contributed by atoms with E-state index in [-0.39, 0.29) is 12.0 Å². The predicted molar refractivity (Wildman–Crippen MR) is 111 cm³/mol. The van der Waals surface area contributed by atoms with Gasteiger partial charge in [-0.3, -0.25) is 14.7 Å². The number of aryl methyl sites for hydroxylation is 2. The van der Waals surface area contributed by atoms with Gasteiger partial charge in [-0.25, -0.2) is 0 Å². The van der Waals surface area contributed by atoms with E-state index in [4.69, 9.17) is 0 Å². The highest BCUT2D eigenvalue weighted by molar-refractivity contribution is 5.82. The third-order valence-electron chi connectivity index (χ3n) is 5.71. The molecule has 144 valence electrons. The Hall–Kier alpha value is -2.72. The molecule has 28 heavy (non-hydrogen) atoms. The number of aromatic nitrogens is 1. The number of piperidine rings is 1. The lowest BCUT2D eigenvalue weighted by molar-refractivity contribution is -0.143. The molecule has 1 aromatic heterocycles. The van der Waals surface area contributed by atoms with Gasteiger partial charge in [-0.1, -0.05) is 41.5 Å². The monoisotopic (exact) mass is 374 g/mol. The Bertz CT molecular complexity index is 994. The fraction of sp³-hybridized carbons (Fsp3) is 0.333. The molecular formula is C24H26N2O2. The maximum absolute atomic E-state index is 11.6. The SMILES string of the molecule is Cc1cc(C)cc(C(c2ccc3cnccc3c2)N2CCCC(C(=O)O)C2)c1. The van der Waals surface area contributed by atoms with Gasteiger partial charge in [-0.05, 0) is 61.9 Å². The normalized spacial score (nSPS) is 18.9. The number of carboxylic acids is 1. The van der Waals surface area contributed by atoms with E-state index in [2.05, 4.69) is 60.1 Å². The van der Waals surface area contributed by atoms with Crippen LogP contribution in [0, 0.1) is 19.8 Å². The smallest absolute Gasteiger partial charge is 0.307 e. The van der Waals surface area contributed by atoms with Crippen molar-refractivity contribution in [3.05, 3.63) is 77.1 Å². The first-order chi connectivity index (χ1) is 13.5. The van der Waals surface area contributed by atoms with E-state index in [1.54, 1.807) is 0 Å². The number of fused-ring (bicyclic) bond motifs is 1. The van der Waals surface area contributed by atoms with E-state index in [0.29, 0.717) is 6.54 Å². The van der Waals surface area contributed by atoms with Crippen molar-refractivity contribution in [3.63, 3.8) is 0 Å². The van der Waals surface area contributed by atoms with Crippen molar-refractivity contribution in [2.45, 2.75) is 32.7 Å². The van der Waals surface area contributed by atoms with Gasteiger partial charge in [0.25, 0.3) is 0 Å². The molecule has 0 radical (unpaired) electrons. The molecule has 2 aromatic carbocycles. The molecule has 0 amide bonds. The first-order valence-corrected chi connectivity index (χ1v) is 9.90. The minimum atomic E-state index is -0.687. The summed E-state index contributed by atoms with van der Waals surface area (Å²) in [7, 11) is 0. The number of carboxylic acid groups (broad SMARTS) is 1. The lowest BCUT2D eigenvalue weighted by Gasteiger charge is -2.38. The summed E-state index contributed by atoms with van der Waals surface area (Å²) >= 11 is 0. The number of nitrogens with zero attached hydrogens (tertiary/aromatic N) is 2. The van der Waals surface area contributed by atoms with Crippen LogP contribution in [-0.4, -0.2) is 34.0 Å². The van der Waals surface area contributed by atoms with Gasteiger partial charge in [-0.15, -0.1) is 0 Å². The van der Waals surface area contributed by atoms with Gasteiger partial charge in [0.2, 0.25) is 0 Å². The highest BCUT2D eigenvalue weighted by Crippen LogP contribution is 2.34. The Morgan fingerprint density at radius 3 is 2.61 bits per heavy atom. The van der Waals surface area contributed by atoms with E-state index in [9.17, 15) is 9.90 Å². The average molecular weight is 374 g/mol. The molecule has 0 aliphatic carbocycles. The summed E-state index contributed by atoms with van der Waals surface area (Å²) in [6.07, 6.45) is 5.37. The Morgan fingerprint density at radius 2 is 1.86 bits per heavy atom. The summed E-state index contributed by atoms with van der Waals surface area (Å²) in [4.78, 5) is 18.2. The largest absolute Gasteiger partial charge is 0.481 e. The second-order valence-electron chi connectivity index (χ2n) is 7.98. The molecule has 1 fully saturated rings. The molecule has 4 rings (SSSR count). The van der Waals surface area contributed by atoms with Crippen molar-refractivity contribution >= 4 is 16.7 Å². The molecule has 1 N–H and O–H groups in total. The zero-order valence-corrected chi connectivity index (χ0v) is 16.4. The van der Waals surface area contributed by atoms with Crippen LogP contribution in [0.3, 0.4) is 0 Å². The lowest BCUT2D eigenvalue weighted by atomic mass is 9.89. The fourth-order valence-corrected chi connectivity index (χ4v) is 4.50. The Balaban J connectivity index is 1.81. The first kappa shape index (κ1) is 18.6. The number of rotatable bonds is 4. The van der Waals surface area contributed by atoms with E-state index in [1.165, 1.54) is 22.3 Å². The van der Waals surface area contributed by atoms with Gasteiger partial charge < -0.3 is 5.11 Å². The number of hydrogen-bond donors (Lipinski definition) is 1. The molecule has 3 aromatic rings. The second-order valence-corrected chi connectivity index (χ2v) is 7.98. The molecule has 2 atom stereocenters. The van der Waals surface area contributed by atoms with Gasteiger partial charge in [0.15, 0.2) is 0 Å². The second kappa shape index (κ2) is 7.72. The number of pyridine rings is 1. The molecule has 1 aliphatic heterocycles. The van der Waals surface area contributed by atoms with E-state index in [1.807, 2.05) is 18.5 Å². The minimum absolute atomic E-state index is 0.0540. The fourth-order valence-electron chi connectivity index (χ4n) is 4.50. The van der Waals surface area contributed by atoms with Crippen LogP contribution in [0.15, 0.2) is 54.9 Å². The zero-order valence-electron chi connectivity index (χ0n) is 16.4. The van der Waals surface area contributed by atoms with E-state index >= 15 is 0 Å². The summed E-state index contributed by atoms with van der Waals surface area (Å²) in [5.74, 6) is -0.986. The number of aliphatic carboxylic acids is 1. The molecule has 4 heteroatoms. The molecule has 0 spiro atoms. The van der Waals surface area contributed by atoms with Crippen molar-refractivity contribution in [1.29, 1.82) is 0 Å². The first-order valence-electron chi connectivity index (χ1n) is 9.90. The summed E-state index contributed by atoms with van der Waals surface area (Å²) in [6.45, 7) is 5.74. The molecule has 0 bridgehead atoms. The number of benzene rings is 2. The van der Waals surface area contributed by atoms with E-state index in [0.717, 1.165) is 30.2 Å². The van der Waals surface area contributed by atoms with Crippen molar-refractivity contribution in [2.75, 3.05) is 13.1 Å². The third kappa shape index (κ3) is 3.78. The molecule has 2 heterocycles. The van der Waals surface area contributed by atoms with Crippen LogP contribution < -0.4 is 0 Å². The van der Waals surface area contributed by atoms with Gasteiger partial charge in [-0.2, -0.15) is 0 Å². The quantitative estimate of drug-likeness (QED) is 0.717. The standard InChI is InChI=1S/C24H26N2O2/c1-16-10-17(2)12-22(11-16)23(26-9-3-4-21(15-26)24(27)28)19-5-6-20-14-25-8-7-18(20)13-19/h5-8,10-14,21,23H,3-4,9,15H2,1-2H3,(H,27,28). The Kier molecular flexibility index (Phi) is 5.14. The number of carbonyl (C=O) groups is 1. The molecule has 1 aliphatic rings. The van der Waals surface area contributed by atoms with Crippen LogP contribution in [-0.2, 0) is 4.79 Å². The highest BCUT2D eigenvalue weighted by atomic mass is 16.4. The topological polar surface area (TPSA) is 53.4 Å². The number of hydrogen-bond acceptors (Lipinski definition) is 3. The maximum atomic E-state index is 11.6. The summed E-state index contributed by atoms with van der Waals surface area (Å²) in [5.41, 5.74) is 4.90. The van der Waals surface area contributed by atoms with Crippen LogP contribution in [0.1, 0.15) is 41.1 Å². The molecular weight excluding hydrogens is 348 g/mol. The Morgan fingerprint density at radius 1 is 1.07 bits per heavy atom. The maximum Gasteiger partial charge on any atom is 0.307 e. The van der Waals surface area contributed by atoms with Gasteiger partial charge in [0.05, 0.1) is 12.0 Å². The molecule has 0 saturated carbocycles. The average Bonchev–Trinajstić information content (AvgIpc) is 2.67. The van der Waals surface area contributed by atoms with Crippen molar-refractivity contribution in [2.24, 2.45) is 5.92 Å². The van der Waals surface area contributed by atoms with Crippen molar-refractivity contribution in [3.8, 4) is 0 Å². The number of likely N-dealkylation sites (tertiary alicyclic amines) is 1. The predicted octanol–water partition coefficient (Wildman–Crippen LogP) is 4.74. The van der Waals surface area contributed by atoms with Crippen LogP contribution in [0.25, 0.3) is 10.8 Å². The minimum Gasteiger partial charge on any atom is -0.481 e. The van der Waals surface area contributed by atoms with Crippen LogP contribution >= 0.6 is 0 Å². The van der Waals surface area contributed by atoms with Crippen molar-refractivity contribution < 1.29 is 9.90 Å². The van der Waals surface area contributed by atoms with Crippen molar-refractivity contribution in [1.82, 2.24) is 9.88 Å². The zero-order chi connectivity index (χ0) is 19.7. The molecule has 1 saturated heterocycles. The summed E-state index contributed by atoms with van der Waals surface area (Å²) < 4.78 is 0. The highest BCUT2D eigenvalue weighted by Gasteiger charge is 2.31. The summed E-state index contributed by atoms with van der Waals surface area (Å²) in [5, 5.41) is 11.9. The molecule has 2 unspecified atom stereocenters.